The largest absolute Gasteiger partial charge is 0.332 e. The molecule has 1 aromatic heterocycles. The molecule has 2 rings (SSSR count). The maximum Gasteiger partial charge on any atom is 0.243 e. The molecule has 0 spiro atoms. The topological polar surface area (TPSA) is 57.7 Å². The monoisotopic (exact) mass is 344 g/mol. The molecule has 2 heterocycles. The molecule has 1 fully saturated rings. The van der Waals surface area contributed by atoms with Gasteiger partial charge in [-0.2, -0.15) is 0 Å². The Bertz CT molecular complexity index is 529. The number of amides is 2. The molecule has 1 aliphatic rings. The van der Waals surface area contributed by atoms with Gasteiger partial charge in [-0.15, -0.1) is 11.3 Å². The minimum absolute atomic E-state index is 0.00897. The molecule has 1 saturated heterocycles. The van der Waals surface area contributed by atoms with E-state index in [0.717, 1.165) is 3.79 Å². The molecule has 0 aliphatic carbocycles. The van der Waals surface area contributed by atoms with Gasteiger partial charge in [0.15, 0.2) is 5.78 Å². The normalized spacial score (nSPS) is 16.1. The second-order valence-electron chi connectivity index (χ2n) is 4.18. The Morgan fingerprint density at radius 1 is 1.26 bits per heavy atom. The molecule has 0 aromatic carbocycles. The zero-order valence-electron chi connectivity index (χ0n) is 10.4. The fraction of sp³-hybridized carbons (Fsp3) is 0.417. The summed E-state index contributed by atoms with van der Waals surface area (Å²) in [5, 5.41) is 0. The average molecular weight is 345 g/mol. The highest BCUT2D eigenvalue weighted by atomic mass is 79.9. The summed E-state index contributed by atoms with van der Waals surface area (Å²) in [4.78, 5) is 39.0. The minimum atomic E-state index is -0.176. The van der Waals surface area contributed by atoms with E-state index in [0.29, 0.717) is 11.4 Å². The zero-order valence-corrected chi connectivity index (χ0v) is 12.8. The Morgan fingerprint density at radius 3 is 2.47 bits per heavy atom. The third kappa shape index (κ3) is 3.22. The number of Topliss-reactive ketones (excluding diaryl/α,β-unsaturated/α-hetero) is 1. The van der Waals surface area contributed by atoms with Crippen molar-refractivity contribution in [3.05, 3.63) is 20.8 Å². The summed E-state index contributed by atoms with van der Waals surface area (Å²) in [7, 11) is 0. The van der Waals surface area contributed by atoms with Gasteiger partial charge in [0.25, 0.3) is 0 Å². The molecule has 19 heavy (non-hydrogen) atoms. The highest BCUT2D eigenvalue weighted by Crippen LogP contribution is 2.22. The van der Waals surface area contributed by atoms with E-state index >= 15 is 0 Å². The van der Waals surface area contributed by atoms with Crippen LogP contribution in [0.2, 0.25) is 0 Å². The Hall–Kier alpha value is -1.21. The van der Waals surface area contributed by atoms with Crippen LogP contribution in [0.25, 0.3) is 0 Å². The SMILES string of the molecule is CCN1CC(=O)N(CC(=O)c2ccc(Br)s2)CC1=O. The van der Waals surface area contributed by atoms with Crippen LogP contribution in [0.1, 0.15) is 16.6 Å². The molecule has 0 N–H and O–H groups in total. The fourth-order valence-electron chi connectivity index (χ4n) is 1.85. The number of piperazine rings is 1. The lowest BCUT2D eigenvalue weighted by Gasteiger charge is -2.32. The van der Waals surface area contributed by atoms with E-state index in [2.05, 4.69) is 15.9 Å². The number of thiophene rings is 1. The van der Waals surface area contributed by atoms with Gasteiger partial charge in [0.2, 0.25) is 11.8 Å². The van der Waals surface area contributed by atoms with E-state index in [1.807, 2.05) is 6.92 Å². The Morgan fingerprint density at radius 2 is 1.89 bits per heavy atom. The van der Waals surface area contributed by atoms with E-state index in [9.17, 15) is 14.4 Å². The van der Waals surface area contributed by atoms with Crippen LogP contribution in [-0.2, 0) is 9.59 Å². The van der Waals surface area contributed by atoms with Gasteiger partial charge in [0.05, 0.1) is 21.8 Å². The van der Waals surface area contributed by atoms with E-state index in [4.69, 9.17) is 0 Å². The third-order valence-corrected chi connectivity index (χ3v) is 4.59. The minimum Gasteiger partial charge on any atom is -0.332 e. The zero-order chi connectivity index (χ0) is 14.0. The second kappa shape index (κ2) is 5.83. The van der Waals surface area contributed by atoms with Crippen molar-refractivity contribution in [2.24, 2.45) is 0 Å². The molecule has 0 saturated carbocycles. The van der Waals surface area contributed by atoms with Gasteiger partial charge in [0.1, 0.15) is 6.54 Å². The van der Waals surface area contributed by atoms with Gasteiger partial charge in [-0.1, -0.05) is 0 Å². The van der Waals surface area contributed by atoms with Crippen LogP contribution in [0.15, 0.2) is 15.9 Å². The lowest BCUT2D eigenvalue weighted by atomic mass is 10.2. The Labute approximate surface area is 123 Å². The number of hydrogen-bond donors (Lipinski definition) is 0. The van der Waals surface area contributed by atoms with Crippen LogP contribution >= 0.6 is 27.3 Å². The Balaban J connectivity index is 2.01. The molecule has 1 aromatic rings. The van der Waals surface area contributed by atoms with Gasteiger partial charge in [-0.3, -0.25) is 14.4 Å². The maximum absolute atomic E-state index is 12.0. The van der Waals surface area contributed by atoms with Crippen LogP contribution in [0.4, 0.5) is 0 Å². The number of rotatable bonds is 4. The highest BCUT2D eigenvalue weighted by molar-refractivity contribution is 9.11. The number of nitrogens with zero attached hydrogens (tertiary/aromatic N) is 2. The summed E-state index contributed by atoms with van der Waals surface area (Å²) < 4.78 is 0.869. The van der Waals surface area contributed by atoms with Crippen molar-refractivity contribution >= 4 is 44.9 Å². The van der Waals surface area contributed by atoms with Gasteiger partial charge >= 0.3 is 0 Å². The lowest BCUT2D eigenvalue weighted by Crippen LogP contribution is -2.54. The molecule has 102 valence electrons. The summed E-state index contributed by atoms with van der Waals surface area (Å²) >= 11 is 4.61. The fourth-order valence-corrected chi connectivity index (χ4v) is 3.17. The van der Waals surface area contributed by atoms with Crippen LogP contribution in [0.5, 0.6) is 0 Å². The molecule has 0 radical (unpaired) electrons. The number of likely N-dealkylation sites (N-methyl/N-ethyl adjacent to an activating group) is 1. The van der Waals surface area contributed by atoms with Crippen molar-refractivity contribution in [2.45, 2.75) is 6.92 Å². The van der Waals surface area contributed by atoms with E-state index in [-0.39, 0.29) is 37.2 Å². The standard InChI is InChI=1S/C12H13BrN2O3S/c1-2-14-6-12(18)15(7-11(14)17)5-8(16)9-3-4-10(13)19-9/h3-4H,2,5-7H2,1H3. The highest BCUT2D eigenvalue weighted by Gasteiger charge is 2.30. The van der Waals surface area contributed by atoms with Crippen molar-refractivity contribution in [3.63, 3.8) is 0 Å². The van der Waals surface area contributed by atoms with Gasteiger partial charge in [-0.25, -0.2) is 0 Å². The van der Waals surface area contributed by atoms with Crippen LogP contribution in [0, 0.1) is 0 Å². The predicted molar refractivity (Wildman–Crippen MR) is 75.2 cm³/mol. The first kappa shape index (κ1) is 14.2. The molecule has 7 heteroatoms. The first-order chi connectivity index (χ1) is 9.01. The molecule has 0 bridgehead atoms. The summed E-state index contributed by atoms with van der Waals surface area (Å²) in [5.74, 6) is -0.422. The first-order valence-electron chi connectivity index (χ1n) is 5.85. The first-order valence-corrected chi connectivity index (χ1v) is 7.46. The van der Waals surface area contributed by atoms with Crippen LogP contribution in [-0.4, -0.2) is 53.6 Å². The van der Waals surface area contributed by atoms with Crippen molar-refractivity contribution in [1.82, 2.24) is 9.80 Å². The molecular weight excluding hydrogens is 332 g/mol. The van der Waals surface area contributed by atoms with Crippen molar-refractivity contribution in [2.75, 3.05) is 26.2 Å². The quantitative estimate of drug-likeness (QED) is 0.775. The summed E-state index contributed by atoms with van der Waals surface area (Å²) in [6.07, 6.45) is 0. The second-order valence-corrected chi connectivity index (χ2v) is 6.65. The van der Waals surface area contributed by atoms with Crippen molar-refractivity contribution in [3.8, 4) is 0 Å². The third-order valence-electron chi connectivity index (χ3n) is 2.92. The molecule has 1 aliphatic heterocycles. The van der Waals surface area contributed by atoms with E-state index in [1.165, 1.54) is 21.1 Å². The molecule has 5 nitrogen and oxygen atoms in total. The van der Waals surface area contributed by atoms with Crippen molar-refractivity contribution < 1.29 is 14.4 Å². The van der Waals surface area contributed by atoms with Crippen molar-refractivity contribution in [1.29, 1.82) is 0 Å². The Kier molecular flexibility index (Phi) is 4.36. The van der Waals surface area contributed by atoms with E-state index < -0.39 is 0 Å². The van der Waals surface area contributed by atoms with Gasteiger partial charge < -0.3 is 9.80 Å². The average Bonchev–Trinajstić information content (AvgIpc) is 2.80. The number of hydrogen-bond acceptors (Lipinski definition) is 4. The molecule has 2 amide bonds. The van der Waals surface area contributed by atoms with E-state index in [1.54, 1.807) is 12.1 Å². The lowest BCUT2D eigenvalue weighted by molar-refractivity contribution is -0.149. The molecular formula is C12H13BrN2O3S. The summed E-state index contributed by atoms with van der Waals surface area (Å²) in [5.41, 5.74) is 0. The van der Waals surface area contributed by atoms with Crippen LogP contribution in [0.3, 0.4) is 0 Å². The number of ketones is 1. The molecule has 0 atom stereocenters. The predicted octanol–water partition coefficient (Wildman–Crippen LogP) is 1.38. The summed E-state index contributed by atoms with van der Waals surface area (Å²) in [6, 6.07) is 3.51. The maximum atomic E-state index is 12.0. The number of halogens is 1. The summed E-state index contributed by atoms with van der Waals surface area (Å²) in [6.45, 7) is 2.37. The van der Waals surface area contributed by atoms with Gasteiger partial charge in [-0.05, 0) is 35.0 Å². The smallest absolute Gasteiger partial charge is 0.243 e. The van der Waals surface area contributed by atoms with Gasteiger partial charge in [0, 0.05) is 6.54 Å². The number of carbonyl (C=O) groups is 3. The number of carbonyl (C=O) groups excluding carboxylic acids is 3. The molecule has 0 unspecified atom stereocenters. The van der Waals surface area contributed by atoms with Crippen LogP contribution < -0.4 is 0 Å².